The van der Waals surface area contributed by atoms with Crippen LogP contribution in [0.25, 0.3) is 0 Å². The minimum atomic E-state index is -1.32. The lowest BCUT2D eigenvalue weighted by Crippen LogP contribution is -2.18. The number of benzene rings is 1. The molecule has 0 nitrogen and oxygen atoms in total. The van der Waals surface area contributed by atoms with Crippen LogP contribution in [0.4, 0.5) is 0 Å². The molecule has 0 radical (unpaired) electrons. The molecule has 1 aromatic carbocycles. The Morgan fingerprint density at radius 3 is 2.00 bits per heavy atom. The van der Waals surface area contributed by atoms with Gasteiger partial charge in [0.2, 0.25) is 0 Å². The van der Waals surface area contributed by atoms with Gasteiger partial charge in [-0.25, -0.2) is 0 Å². The van der Waals surface area contributed by atoms with Gasteiger partial charge in [-0.2, -0.15) is 0 Å². The Bertz CT molecular complexity index is 392. The standard InChI is InChI=1S/C15H24/c1-14(2,3)11-12-9-7-8-10-13(12)15(4,5)6/h7-10H,11H2,1-6H3/i11D2. The first-order valence-corrected chi connectivity index (χ1v) is 5.58. The molecule has 0 aliphatic rings. The van der Waals surface area contributed by atoms with Crippen LogP contribution in [0, 0.1) is 5.41 Å². The zero-order valence-electron chi connectivity index (χ0n) is 12.8. The van der Waals surface area contributed by atoms with Crippen molar-refractivity contribution in [2.45, 2.75) is 53.3 Å². The summed E-state index contributed by atoms with van der Waals surface area (Å²) in [5.74, 6) is 0. The second kappa shape index (κ2) is 4.00. The summed E-state index contributed by atoms with van der Waals surface area (Å²) < 4.78 is 16.8. The molecule has 0 heterocycles. The van der Waals surface area contributed by atoms with E-state index >= 15 is 0 Å². The normalized spacial score (nSPS) is 15.9. The number of hydrogen-bond donors (Lipinski definition) is 0. The van der Waals surface area contributed by atoms with Crippen molar-refractivity contribution in [3.8, 4) is 0 Å². The summed E-state index contributed by atoms with van der Waals surface area (Å²) in [6.45, 7) is 12.2. The lowest BCUT2D eigenvalue weighted by atomic mass is 9.78. The summed E-state index contributed by atoms with van der Waals surface area (Å²) in [6, 6.07) is 7.88. The zero-order chi connectivity index (χ0) is 13.5. The maximum absolute atomic E-state index is 8.41. The second-order valence-electron chi connectivity index (χ2n) is 6.17. The van der Waals surface area contributed by atoms with Crippen LogP contribution in [0.1, 0.15) is 55.4 Å². The summed E-state index contributed by atoms with van der Waals surface area (Å²) in [5.41, 5.74) is 1.48. The van der Waals surface area contributed by atoms with Gasteiger partial charge in [0.25, 0.3) is 0 Å². The van der Waals surface area contributed by atoms with Crippen LogP contribution in [-0.2, 0) is 11.8 Å². The average molecular weight is 206 g/mol. The molecule has 0 unspecified atom stereocenters. The number of hydrogen-bond acceptors (Lipinski definition) is 0. The molecule has 0 aromatic heterocycles. The predicted molar refractivity (Wildman–Crippen MR) is 68.3 cm³/mol. The van der Waals surface area contributed by atoms with Gasteiger partial charge in [-0.05, 0) is 28.3 Å². The van der Waals surface area contributed by atoms with Gasteiger partial charge in [0.1, 0.15) is 0 Å². The highest BCUT2D eigenvalue weighted by Gasteiger charge is 2.20. The molecular formula is C15H24. The average Bonchev–Trinajstić information content (AvgIpc) is 2.14. The fourth-order valence-corrected chi connectivity index (χ4v) is 1.65. The maximum atomic E-state index is 8.41. The van der Waals surface area contributed by atoms with E-state index in [0.717, 1.165) is 11.1 Å². The van der Waals surface area contributed by atoms with E-state index in [1.54, 1.807) is 0 Å². The van der Waals surface area contributed by atoms with Crippen LogP contribution in [-0.4, -0.2) is 0 Å². The summed E-state index contributed by atoms with van der Waals surface area (Å²) in [4.78, 5) is 0. The monoisotopic (exact) mass is 206 g/mol. The van der Waals surface area contributed by atoms with Crippen molar-refractivity contribution < 1.29 is 2.74 Å². The van der Waals surface area contributed by atoms with Crippen molar-refractivity contribution in [3.63, 3.8) is 0 Å². The minimum absolute atomic E-state index is 0.0325. The molecule has 0 aliphatic heterocycles. The molecule has 1 rings (SSSR count). The second-order valence-corrected chi connectivity index (χ2v) is 6.17. The van der Waals surface area contributed by atoms with E-state index in [-0.39, 0.29) is 5.41 Å². The summed E-state index contributed by atoms with van der Waals surface area (Å²) in [7, 11) is 0. The number of rotatable bonds is 1. The molecule has 1 aromatic rings. The molecule has 0 amide bonds. The lowest BCUT2D eigenvalue weighted by Gasteiger charge is -2.26. The third-order valence-corrected chi connectivity index (χ3v) is 2.24. The van der Waals surface area contributed by atoms with Crippen LogP contribution < -0.4 is 0 Å². The summed E-state index contributed by atoms with van der Waals surface area (Å²) in [5, 5.41) is 0. The largest absolute Gasteiger partial charge is 0.0620 e. The molecule has 15 heavy (non-hydrogen) atoms. The fraction of sp³-hybridized carbons (Fsp3) is 0.600. The first-order chi connectivity index (χ1) is 7.48. The summed E-state index contributed by atoms with van der Waals surface area (Å²) in [6.07, 6.45) is -1.32. The van der Waals surface area contributed by atoms with E-state index in [9.17, 15) is 0 Å². The highest BCUT2D eigenvalue weighted by molar-refractivity contribution is 5.33. The van der Waals surface area contributed by atoms with Gasteiger partial charge in [-0.1, -0.05) is 65.8 Å². The van der Waals surface area contributed by atoms with Crippen LogP contribution in [0.15, 0.2) is 24.3 Å². The Morgan fingerprint density at radius 1 is 1.00 bits per heavy atom. The van der Waals surface area contributed by atoms with Crippen LogP contribution in [0.5, 0.6) is 0 Å². The Hall–Kier alpha value is -0.780. The molecule has 0 bridgehead atoms. The van der Waals surface area contributed by atoms with E-state index in [4.69, 9.17) is 2.74 Å². The topological polar surface area (TPSA) is 0 Å². The first kappa shape index (κ1) is 9.45. The van der Waals surface area contributed by atoms with Crippen molar-refractivity contribution >= 4 is 0 Å². The van der Waals surface area contributed by atoms with Crippen molar-refractivity contribution in [2.75, 3.05) is 0 Å². The highest BCUT2D eigenvalue weighted by atomic mass is 14.2. The molecule has 0 aliphatic carbocycles. The Labute approximate surface area is 97.5 Å². The quantitative estimate of drug-likeness (QED) is 0.631. The molecule has 0 fully saturated rings. The van der Waals surface area contributed by atoms with Crippen molar-refractivity contribution in [1.29, 1.82) is 0 Å². The van der Waals surface area contributed by atoms with Gasteiger partial charge in [-0.15, -0.1) is 0 Å². The molecule has 84 valence electrons. The van der Waals surface area contributed by atoms with Crippen LogP contribution in [0.2, 0.25) is 0 Å². The summed E-state index contributed by atoms with van der Waals surface area (Å²) >= 11 is 0. The zero-order valence-corrected chi connectivity index (χ0v) is 10.8. The third kappa shape index (κ3) is 3.70. The maximum Gasteiger partial charge on any atom is 0.0321 e. The van der Waals surface area contributed by atoms with Crippen LogP contribution in [0.3, 0.4) is 0 Å². The fourth-order valence-electron chi connectivity index (χ4n) is 1.65. The highest BCUT2D eigenvalue weighted by Crippen LogP contribution is 2.30. The van der Waals surface area contributed by atoms with E-state index in [1.807, 2.05) is 45.0 Å². The Kier molecular flexibility index (Phi) is 2.52. The van der Waals surface area contributed by atoms with Crippen molar-refractivity contribution in [2.24, 2.45) is 5.41 Å². The third-order valence-electron chi connectivity index (χ3n) is 2.24. The van der Waals surface area contributed by atoms with E-state index in [2.05, 4.69) is 20.8 Å². The van der Waals surface area contributed by atoms with E-state index in [1.165, 1.54) is 0 Å². The van der Waals surface area contributed by atoms with E-state index < -0.39 is 11.8 Å². The van der Waals surface area contributed by atoms with E-state index in [0.29, 0.717) is 0 Å². The molecule has 0 saturated carbocycles. The smallest absolute Gasteiger partial charge is 0.0321 e. The van der Waals surface area contributed by atoms with Crippen molar-refractivity contribution in [3.05, 3.63) is 35.4 Å². The van der Waals surface area contributed by atoms with Gasteiger partial charge in [0.15, 0.2) is 0 Å². The predicted octanol–water partition coefficient (Wildman–Crippen LogP) is 4.57. The van der Waals surface area contributed by atoms with Crippen molar-refractivity contribution in [1.82, 2.24) is 0 Å². The van der Waals surface area contributed by atoms with Gasteiger partial charge >= 0.3 is 0 Å². The molecule has 0 spiro atoms. The molecule has 0 atom stereocenters. The Balaban J connectivity index is 3.43. The minimum Gasteiger partial charge on any atom is -0.0620 e. The van der Waals surface area contributed by atoms with Gasteiger partial charge in [-0.3, -0.25) is 0 Å². The van der Waals surface area contributed by atoms with Gasteiger partial charge in [0.05, 0.1) is 0 Å². The van der Waals surface area contributed by atoms with Crippen LogP contribution >= 0.6 is 0 Å². The molecular weight excluding hydrogens is 180 g/mol. The first-order valence-electron chi connectivity index (χ1n) is 6.58. The SMILES string of the molecule is [2H]C([2H])(c1ccccc1C(C)(C)C)C(C)(C)C. The molecule has 0 N–H and O–H groups in total. The lowest BCUT2D eigenvalue weighted by molar-refractivity contribution is 0.406. The van der Waals surface area contributed by atoms with Gasteiger partial charge in [0, 0.05) is 2.74 Å². The Morgan fingerprint density at radius 2 is 1.53 bits per heavy atom. The molecule has 0 heteroatoms. The molecule has 0 saturated heterocycles. The van der Waals surface area contributed by atoms with Gasteiger partial charge < -0.3 is 0 Å².